The molecule has 5 heterocycles. The van der Waals surface area contributed by atoms with Gasteiger partial charge in [-0.2, -0.15) is 5.26 Å². The second-order valence-corrected chi connectivity index (χ2v) is 10.4. The number of oxime groups is 1. The number of anilines is 1. The largest absolute Gasteiger partial charge is 0.477 e. The number of carboxylic acids is 1. The highest BCUT2D eigenvalue weighted by molar-refractivity contribution is 8.00. The molecule has 0 aromatic carbocycles. The van der Waals surface area contributed by atoms with Gasteiger partial charge in [0.25, 0.3) is 17.5 Å². The van der Waals surface area contributed by atoms with E-state index in [0.717, 1.165) is 17.0 Å². The molecule has 2 aliphatic heterocycles. The third-order valence-corrected chi connectivity index (χ3v) is 8.01. The summed E-state index contributed by atoms with van der Waals surface area (Å²) in [6.45, 7) is -0.262. The van der Waals surface area contributed by atoms with Crippen molar-refractivity contribution in [3.05, 3.63) is 58.6 Å². The van der Waals surface area contributed by atoms with E-state index in [2.05, 4.69) is 21.5 Å². The number of carbonyl (C=O) groups excluding carboxylic acids is 2. The number of aliphatic carboxylic acids is 1. The molecule has 2 aliphatic rings. The van der Waals surface area contributed by atoms with Crippen molar-refractivity contribution in [2.45, 2.75) is 18.0 Å². The fourth-order valence-electron chi connectivity index (χ4n) is 4.27. The second-order valence-electron chi connectivity index (χ2n) is 8.41. The molecule has 0 aliphatic carbocycles. The minimum Gasteiger partial charge on any atom is -0.477 e. The molecule has 0 radical (unpaired) electrons. The molecule has 2 atom stereocenters. The number of thioether (sulfide) groups is 1. The van der Waals surface area contributed by atoms with Crippen LogP contribution in [0.1, 0.15) is 11.3 Å². The molecule has 39 heavy (non-hydrogen) atoms. The lowest BCUT2D eigenvalue weighted by molar-refractivity contribution is -0.662. The summed E-state index contributed by atoms with van der Waals surface area (Å²) in [5, 5.41) is 35.5. The topological polar surface area (TPSA) is 200 Å². The number of nitriles is 1. The van der Waals surface area contributed by atoms with Crippen LogP contribution in [-0.2, 0) is 25.8 Å². The number of β-lactam (4-membered cyclic amide) rings is 1. The molecule has 2 amide bonds. The molecule has 3 aromatic rings. The van der Waals surface area contributed by atoms with E-state index >= 15 is 0 Å². The summed E-state index contributed by atoms with van der Waals surface area (Å²) in [7, 11) is 0. The van der Waals surface area contributed by atoms with Gasteiger partial charge in [0.15, 0.2) is 10.8 Å². The SMILES string of the molecule is N#Cc1ccc2n(cc[n+]2CC2=C(C(=O)O)N3C(=O)[C@@H](NC(=O)/C(=N\OCCO)c4csc(N)n4)[C@@H]3SC2)c1. The number of carbonyl (C=O) groups is 3. The van der Waals surface area contributed by atoms with E-state index in [1.54, 1.807) is 35.1 Å². The Hall–Kier alpha value is -4.46. The quantitative estimate of drug-likeness (QED) is 0.0839. The third-order valence-electron chi connectivity index (χ3n) is 6.00. The lowest BCUT2D eigenvalue weighted by Gasteiger charge is -2.49. The first-order valence-electron chi connectivity index (χ1n) is 11.5. The first-order valence-corrected chi connectivity index (χ1v) is 13.4. The summed E-state index contributed by atoms with van der Waals surface area (Å²) in [4.78, 5) is 48.6. The maximum atomic E-state index is 13.1. The molecule has 5 N–H and O–H groups in total. The highest BCUT2D eigenvalue weighted by Crippen LogP contribution is 2.40. The van der Waals surface area contributed by atoms with Gasteiger partial charge in [0.1, 0.15) is 60.6 Å². The number of rotatable bonds is 9. The van der Waals surface area contributed by atoms with Crippen molar-refractivity contribution < 1.29 is 34.0 Å². The molecular formula is C23H21N8O6S2+. The normalized spacial score (nSPS) is 18.9. The fraction of sp³-hybridized carbons (Fsp3) is 0.261. The molecule has 1 fully saturated rings. The van der Waals surface area contributed by atoms with Gasteiger partial charge in [0.2, 0.25) is 0 Å². The second kappa shape index (κ2) is 10.7. The van der Waals surface area contributed by atoms with E-state index in [9.17, 15) is 19.5 Å². The van der Waals surface area contributed by atoms with Crippen molar-refractivity contribution in [3.63, 3.8) is 0 Å². The standard InChI is InChI=1S/C23H20N8O6S2/c24-7-12-1-2-15-29(8-12)3-4-30(15)9-13-10-38-21-17(20(34)31(21)18(13)22(35)36)27-19(33)16(28-37-6-5-32)14-11-39-23(25)26-14/h1-4,8,11,17,21,32H,5-6,9-10H2,(H3-,25,26,27,33,35,36)/p+1/b28-16-/t17-,21+/m1/s1. The summed E-state index contributed by atoms with van der Waals surface area (Å²) < 4.78 is 3.59. The zero-order valence-electron chi connectivity index (χ0n) is 20.1. The molecule has 0 bridgehead atoms. The van der Waals surface area contributed by atoms with Crippen LogP contribution < -0.4 is 15.6 Å². The number of carboxylic acid groups (broad SMARTS) is 1. The first kappa shape index (κ1) is 26.2. The van der Waals surface area contributed by atoms with Crippen LogP contribution in [0.3, 0.4) is 0 Å². The Kier molecular flexibility index (Phi) is 7.19. The van der Waals surface area contributed by atoms with Gasteiger partial charge in [-0.1, -0.05) is 5.16 Å². The zero-order valence-corrected chi connectivity index (χ0v) is 21.7. The van der Waals surface area contributed by atoms with Crippen molar-refractivity contribution in [1.82, 2.24) is 19.6 Å². The zero-order chi connectivity index (χ0) is 27.7. The molecule has 0 saturated carbocycles. The number of nitrogen functional groups attached to an aromatic ring is 1. The minimum atomic E-state index is -1.25. The van der Waals surface area contributed by atoms with Crippen LogP contribution in [0.25, 0.3) is 5.65 Å². The summed E-state index contributed by atoms with van der Waals surface area (Å²) in [6, 6.07) is 4.51. The Labute approximate surface area is 228 Å². The molecule has 5 rings (SSSR count). The number of pyridine rings is 1. The van der Waals surface area contributed by atoms with Crippen molar-refractivity contribution in [3.8, 4) is 6.07 Å². The predicted octanol–water partition coefficient (Wildman–Crippen LogP) is -0.711. The highest BCUT2D eigenvalue weighted by Gasteiger charge is 2.54. The fourth-order valence-corrected chi connectivity index (χ4v) is 6.16. The Balaban J connectivity index is 1.36. The van der Waals surface area contributed by atoms with Crippen molar-refractivity contribution in [2.24, 2.45) is 5.16 Å². The van der Waals surface area contributed by atoms with E-state index in [1.807, 2.05) is 4.57 Å². The maximum Gasteiger partial charge on any atom is 0.352 e. The molecule has 14 nitrogen and oxygen atoms in total. The average Bonchev–Trinajstić information content (AvgIpc) is 3.54. The number of nitrogens with two attached hydrogens (primary N) is 1. The number of imidazole rings is 1. The lowest BCUT2D eigenvalue weighted by atomic mass is 10.0. The molecular weight excluding hydrogens is 548 g/mol. The smallest absolute Gasteiger partial charge is 0.352 e. The summed E-state index contributed by atoms with van der Waals surface area (Å²) in [5.41, 5.74) is 7.22. The van der Waals surface area contributed by atoms with Crippen LogP contribution in [-0.4, -0.2) is 78.4 Å². The van der Waals surface area contributed by atoms with Crippen LogP contribution in [0.15, 0.2) is 52.5 Å². The van der Waals surface area contributed by atoms with Gasteiger partial charge in [0, 0.05) is 22.8 Å². The van der Waals surface area contributed by atoms with Gasteiger partial charge in [-0.3, -0.25) is 14.5 Å². The molecule has 0 spiro atoms. The van der Waals surface area contributed by atoms with Crippen LogP contribution in [0.2, 0.25) is 0 Å². The molecule has 3 aromatic heterocycles. The number of aliphatic hydroxyl groups is 1. The van der Waals surface area contributed by atoms with Crippen LogP contribution in [0.5, 0.6) is 0 Å². The number of thiazole rings is 1. The van der Waals surface area contributed by atoms with E-state index in [-0.39, 0.29) is 42.0 Å². The minimum absolute atomic E-state index is 0.123. The maximum absolute atomic E-state index is 13.1. The number of aliphatic hydroxyl groups excluding tert-OH is 1. The van der Waals surface area contributed by atoms with E-state index < -0.39 is 29.2 Å². The van der Waals surface area contributed by atoms with Crippen molar-refractivity contribution in [2.75, 3.05) is 24.7 Å². The Morgan fingerprint density at radius 3 is 2.92 bits per heavy atom. The number of hydrogen-bond donors (Lipinski definition) is 4. The number of aromatic nitrogens is 3. The van der Waals surface area contributed by atoms with E-state index in [4.69, 9.17) is 20.9 Å². The Morgan fingerprint density at radius 2 is 2.23 bits per heavy atom. The number of fused-ring (bicyclic) bond motifs is 2. The van der Waals surface area contributed by atoms with Crippen LogP contribution in [0, 0.1) is 11.3 Å². The molecule has 16 heteroatoms. The Bertz CT molecular complexity index is 1590. The molecule has 200 valence electrons. The summed E-state index contributed by atoms with van der Waals surface area (Å²) in [6.07, 6.45) is 5.20. The number of nitrogens with zero attached hydrogens (tertiary/aromatic N) is 6. The van der Waals surface area contributed by atoms with E-state index in [1.165, 1.54) is 22.0 Å². The molecule has 1 saturated heterocycles. The van der Waals surface area contributed by atoms with Crippen molar-refractivity contribution >= 4 is 57.4 Å². The summed E-state index contributed by atoms with van der Waals surface area (Å²) >= 11 is 2.42. The van der Waals surface area contributed by atoms with Crippen molar-refractivity contribution in [1.29, 1.82) is 5.26 Å². The van der Waals surface area contributed by atoms with Gasteiger partial charge in [-0.05, 0) is 6.07 Å². The van der Waals surface area contributed by atoms with E-state index in [0.29, 0.717) is 16.9 Å². The van der Waals surface area contributed by atoms with Gasteiger partial charge in [-0.25, -0.2) is 18.7 Å². The van der Waals surface area contributed by atoms with Gasteiger partial charge in [0.05, 0.1) is 12.2 Å². The monoisotopic (exact) mass is 569 g/mol. The number of hydrogen-bond acceptors (Lipinski definition) is 11. The first-order chi connectivity index (χ1) is 18.8. The van der Waals surface area contributed by atoms with Gasteiger partial charge >= 0.3 is 5.97 Å². The predicted molar refractivity (Wildman–Crippen MR) is 138 cm³/mol. The number of amides is 2. The van der Waals surface area contributed by atoms with Crippen LogP contribution in [0.4, 0.5) is 5.13 Å². The third kappa shape index (κ3) is 4.90. The van der Waals surface area contributed by atoms with Gasteiger partial charge < -0.3 is 26.1 Å². The van der Waals surface area contributed by atoms with Gasteiger partial charge in [-0.15, -0.1) is 23.1 Å². The molecule has 0 unspecified atom stereocenters. The number of nitrogens with one attached hydrogen (secondary N) is 1. The van der Waals surface area contributed by atoms with Crippen LogP contribution >= 0.6 is 23.1 Å². The highest BCUT2D eigenvalue weighted by atomic mass is 32.2. The summed E-state index contributed by atoms with van der Waals surface area (Å²) in [5.74, 6) is -2.26. The average molecular weight is 570 g/mol. The lowest BCUT2D eigenvalue weighted by Crippen LogP contribution is -2.71. The Morgan fingerprint density at radius 1 is 1.41 bits per heavy atom.